The van der Waals surface area contributed by atoms with Crippen LogP contribution in [0, 0.1) is 0 Å². The molecule has 3 amide bonds. The zero-order chi connectivity index (χ0) is 24.3. The number of alkyl halides is 2. The van der Waals surface area contributed by atoms with Crippen molar-refractivity contribution in [3.8, 4) is 0 Å². The molecule has 0 heterocycles. The summed E-state index contributed by atoms with van der Waals surface area (Å²) in [6, 6.07) is 4.69. The van der Waals surface area contributed by atoms with Crippen LogP contribution in [-0.4, -0.2) is 79.3 Å². The summed E-state index contributed by atoms with van der Waals surface area (Å²) in [4.78, 5) is 38.5. The molecule has 0 aliphatic carbocycles. The molecule has 0 atom stereocenters. The number of hydrogen-bond donors (Lipinski definition) is 3. The van der Waals surface area contributed by atoms with E-state index in [1.807, 2.05) is 45.2 Å². The Hall–Kier alpha value is -1.72. The molecule has 182 valence electrons. The summed E-state index contributed by atoms with van der Waals surface area (Å²) >= 11 is 3.87. The normalized spacial score (nSPS) is 10.2. The summed E-state index contributed by atoms with van der Waals surface area (Å²) in [5, 5.41) is 11.5. The maximum Gasteiger partial charge on any atom is 0.251 e. The number of nitrogens with one attached hydrogen (secondary N) is 3. The first-order chi connectivity index (χ1) is 16.0. The van der Waals surface area contributed by atoms with Crippen LogP contribution in [0.1, 0.15) is 10.4 Å². The zero-order valence-corrected chi connectivity index (χ0v) is 22.2. The average molecular weight is 688 g/mol. The molecule has 0 spiro atoms. The van der Waals surface area contributed by atoms with Crippen LogP contribution in [-0.2, 0) is 23.8 Å². The van der Waals surface area contributed by atoms with Gasteiger partial charge in [-0.05, 0) is 23.7 Å². The number of anilines is 2. The van der Waals surface area contributed by atoms with Gasteiger partial charge in [0.25, 0.3) is 5.91 Å². The minimum absolute atomic E-state index is 0.213. The molecule has 33 heavy (non-hydrogen) atoms. The minimum atomic E-state index is -0.358. The van der Waals surface area contributed by atoms with E-state index in [0.717, 1.165) is 0 Å². The lowest BCUT2D eigenvalue weighted by Gasteiger charge is -2.12. The van der Waals surface area contributed by atoms with Gasteiger partial charge >= 0.3 is 0 Å². The molecule has 0 saturated heterocycles. The first-order valence-electron chi connectivity index (χ1n) is 9.89. The number of hydrogen-bond acceptors (Lipinski definition) is 7. The SMILES string of the molecule is [N-]=[N+]=NCCOCCOCCOCCNC(=O)c1cc(NC(=O)CI)cc(NC(=O)CI)c1. The molecule has 3 N–H and O–H groups in total. The van der Waals surface area contributed by atoms with E-state index in [1.165, 1.54) is 0 Å². The molecule has 0 saturated carbocycles. The molecular formula is C19H26I2N6O6. The molecule has 0 bridgehead atoms. The van der Waals surface area contributed by atoms with Crippen molar-refractivity contribution in [1.29, 1.82) is 0 Å². The van der Waals surface area contributed by atoms with Crippen molar-refractivity contribution in [2.45, 2.75) is 0 Å². The highest BCUT2D eigenvalue weighted by Gasteiger charge is 2.11. The van der Waals surface area contributed by atoms with Gasteiger partial charge in [0.05, 0.1) is 48.5 Å². The average Bonchev–Trinajstić information content (AvgIpc) is 2.81. The van der Waals surface area contributed by atoms with Crippen molar-refractivity contribution in [3.05, 3.63) is 34.2 Å². The molecule has 0 unspecified atom stereocenters. The molecular weight excluding hydrogens is 662 g/mol. The fourth-order valence-electron chi connectivity index (χ4n) is 2.32. The molecule has 1 rings (SSSR count). The van der Waals surface area contributed by atoms with E-state index < -0.39 is 0 Å². The summed E-state index contributed by atoms with van der Waals surface area (Å²) in [6.45, 7) is 2.75. The number of carbonyl (C=O) groups is 3. The largest absolute Gasteiger partial charge is 0.379 e. The number of carbonyl (C=O) groups excluding carboxylic acids is 3. The van der Waals surface area contributed by atoms with Crippen molar-refractivity contribution in [3.63, 3.8) is 0 Å². The quantitative estimate of drug-likeness (QED) is 0.0569. The van der Waals surface area contributed by atoms with Crippen molar-refractivity contribution < 1.29 is 28.6 Å². The van der Waals surface area contributed by atoms with Crippen molar-refractivity contribution >= 4 is 74.3 Å². The Kier molecular flexibility index (Phi) is 16.6. The Morgan fingerprint density at radius 2 is 1.36 bits per heavy atom. The Morgan fingerprint density at radius 1 is 0.848 bits per heavy atom. The van der Waals surface area contributed by atoms with Gasteiger partial charge in [-0.15, -0.1) is 0 Å². The molecule has 1 aromatic rings. The second-order valence-corrected chi connectivity index (χ2v) is 7.74. The van der Waals surface area contributed by atoms with Gasteiger partial charge in [-0.2, -0.15) is 0 Å². The Labute approximate surface area is 218 Å². The lowest BCUT2D eigenvalue weighted by atomic mass is 10.1. The highest BCUT2D eigenvalue weighted by molar-refractivity contribution is 14.1. The summed E-state index contributed by atoms with van der Waals surface area (Å²) in [5.41, 5.74) is 9.26. The van der Waals surface area contributed by atoms with E-state index in [2.05, 4.69) is 26.0 Å². The second kappa shape index (κ2) is 18.7. The van der Waals surface area contributed by atoms with Gasteiger partial charge in [0, 0.05) is 34.9 Å². The third-order valence-electron chi connectivity index (χ3n) is 3.68. The van der Waals surface area contributed by atoms with Gasteiger partial charge in [0.2, 0.25) is 11.8 Å². The lowest BCUT2D eigenvalue weighted by molar-refractivity contribution is -0.114. The van der Waals surface area contributed by atoms with Gasteiger partial charge in [-0.1, -0.05) is 50.3 Å². The van der Waals surface area contributed by atoms with Gasteiger partial charge in [-0.25, -0.2) is 0 Å². The minimum Gasteiger partial charge on any atom is -0.379 e. The second-order valence-electron chi connectivity index (χ2n) is 6.21. The maximum atomic E-state index is 12.5. The van der Waals surface area contributed by atoms with Crippen molar-refractivity contribution in [2.24, 2.45) is 5.11 Å². The van der Waals surface area contributed by atoms with Crippen LogP contribution in [0.5, 0.6) is 0 Å². The van der Waals surface area contributed by atoms with Crippen LogP contribution in [0.3, 0.4) is 0 Å². The highest BCUT2D eigenvalue weighted by Crippen LogP contribution is 2.20. The number of amides is 3. The molecule has 0 aromatic heterocycles. The standard InChI is InChI=1S/C19H26I2N6O6/c20-12-17(28)25-15-9-14(10-16(11-15)26-18(29)13-21)19(30)23-1-3-31-5-7-33-8-6-32-4-2-24-27-22/h9-11H,1-8,12-13H2,(H,23,30)(H,25,28)(H,26,29). The number of azide groups is 1. The van der Waals surface area contributed by atoms with Crippen molar-refractivity contribution in [2.75, 3.05) is 72.2 Å². The van der Waals surface area contributed by atoms with E-state index in [1.54, 1.807) is 18.2 Å². The number of benzene rings is 1. The Morgan fingerprint density at radius 3 is 1.88 bits per heavy atom. The Bertz CT molecular complexity index is 786. The zero-order valence-electron chi connectivity index (χ0n) is 17.9. The van der Waals surface area contributed by atoms with Crippen LogP contribution in [0.2, 0.25) is 0 Å². The van der Waals surface area contributed by atoms with E-state index in [-0.39, 0.29) is 39.7 Å². The lowest BCUT2D eigenvalue weighted by Crippen LogP contribution is -2.28. The smallest absolute Gasteiger partial charge is 0.251 e. The van der Waals surface area contributed by atoms with E-state index in [9.17, 15) is 14.4 Å². The molecule has 1 aromatic carbocycles. The molecule has 12 nitrogen and oxygen atoms in total. The van der Waals surface area contributed by atoms with Crippen LogP contribution in [0.4, 0.5) is 11.4 Å². The number of ether oxygens (including phenoxy) is 3. The number of nitrogens with zero attached hydrogens (tertiary/aromatic N) is 3. The molecule has 14 heteroatoms. The van der Waals surface area contributed by atoms with Gasteiger partial charge < -0.3 is 30.2 Å². The summed E-state index contributed by atoms with van der Waals surface area (Å²) in [6.07, 6.45) is 0. The summed E-state index contributed by atoms with van der Waals surface area (Å²) < 4.78 is 16.5. The number of rotatable bonds is 17. The topological polar surface area (TPSA) is 164 Å². The molecule has 0 aliphatic rings. The van der Waals surface area contributed by atoms with Crippen LogP contribution in [0.25, 0.3) is 10.4 Å². The summed E-state index contributed by atoms with van der Waals surface area (Å²) in [7, 11) is 0. The molecule has 0 radical (unpaired) electrons. The molecule has 0 fully saturated rings. The monoisotopic (exact) mass is 688 g/mol. The third kappa shape index (κ3) is 14.2. The van der Waals surface area contributed by atoms with Crippen molar-refractivity contribution in [1.82, 2.24) is 5.32 Å². The van der Waals surface area contributed by atoms with Crippen LogP contribution < -0.4 is 16.0 Å². The highest BCUT2D eigenvalue weighted by atomic mass is 127. The first-order valence-corrected chi connectivity index (χ1v) is 12.9. The Balaban J connectivity index is 2.36. The van der Waals surface area contributed by atoms with E-state index in [4.69, 9.17) is 19.7 Å². The fourth-order valence-corrected chi connectivity index (χ4v) is 2.70. The van der Waals surface area contributed by atoms with E-state index in [0.29, 0.717) is 56.6 Å². The summed E-state index contributed by atoms with van der Waals surface area (Å²) in [5.74, 6) is -0.785. The predicted molar refractivity (Wildman–Crippen MR) is 140 cm³/mol. The van der Waals surface area contributed by atoms with Crippen LogP contribution >= 0.6 is 45.2 Å². The molecule has 0 aliphatic heterocycles. The third-order valence-corrected chi connectivity index (χ3v) is 5.07. The predicted octanol–water partition coefficient (Wildman–Crippen LogP) is 2.52. The van der Waals surface area contributed by atoms with E-state index >= 15 is 0 Å². The van der Waals surface area contributed by atoms with Gasteiger partial charge in [-0.3, -0.25) is 14.4 Å². The van der Waals surface area contributed by atoms with Crippen LogP contribution in [0.15, 0.2) is 23.3 Å². The van der Waals surface area contributed by atoms with Gasteiger partial charge in [0.15, 0.2) is 0 Å². The maximum absolute atomic E-state index is 12.5. The van der Waals surface area contributed by atoms with Gasteiger partial charge in [0.1, 0.15) is 0 Å². The fraction of sp³-hybridized carbons (Fsp3) is 0.526. The first kappa shape index (κ1) is 29.3. The number of halogens is 2.